The van der Waals surface area contributed by atoms with Gasteiger partial charge in [0, 0.05) is 0 Å². The summed E-state index contributed by atoms with van der Waals surface area (Å²) in [6.45, 7) is -0.0135. The van der Waals surface area contributed by atoms with E-state index < -0.39 is 18.1 Å². The first kappa shape index (κ1) is 16.2. The Morgan fingerprint density at radius 2 is 1.77 bits per heavy atom. The molecule has 0 aliphatic carbocycles. The molecule has 0 atom stereocenters. The molecule has 0 heterocycles. The van der Waals surface area contributed by atoms with Crippen LogP contribution in [0.25, 0.3) is 0 Å². The van der Waals surface area contributed by atoms with Crippen LogP contribution in [0.4, 0.5) is 13.2 Å². The molecule has 2 aromatic carbocycles. The second-order valence-electron chi connectivity index (χ2n) is 4.25. The third-order valence-electron chi connectivity index (χ3n) is 2.60. The topological polar surface area (TPSA) is 35.5 Å². The van der Waals surface area contributed by atoms with Crippen molar-refractivity contribution in [3.05, 3.63) is 64.7 Å². The summed E-state index contributed by atoms with van der Waals surface area (Å²) in [6, 6.07) is 11.9. The molecule has 0 saturated heterocycles. The molecule has 0 unspecified atom stereocenters. The molecule has 116 valence electrons. The Morgan fingerprint density at radius 1 is 1.09 bits per heavy atom. The number of carbonyl (C=O) groups is 1. The average Bonchev–Trinajstić information content (AvgIpc) is 2.46. The van der Waals surface area contributed by atoms with E-state index in [9.17, 15) is 18.0 Å². The van der Waals surface area contributed by atoms with Crippen LogP contribution in [0.1, 0.15) is 15.9 Å². The molecule has 3 nitrogen and oxygen atoms in total. The number of hydrogen-bond donors (Lipinski definition) is 0. The fraction of sp³-hybridized carbons (Fsp3) is 0.133. The van der Waals surface area contributed by atoms with Crippen molar-refractivity contribution < 1.29 is 27.4 Å². The Kier molecular flexibility index (Phi) is 4.92. The zero-order valence-electron chi connectivity index (χ0n) is 11.1. The number of rotatable bonds is 4. The summed E-state index contributed by atoms with van der Waals surface area (Å²) < 4.78 is 45.3. The lowest BCUT2D eigenvalue weighted by Gasteiger charge is -2.11. The zero-order chi connectivity index (χ0) is 16.2. The molecule has 0 saturated carbocycles. The molecule has 0 aliphatic rings. The number of hydrogen-bond acceptors (Lipinski definition) is 3. The Labute approximate surface area is 129 Å². The van der Waals surface area contributed by atoms with Crippen molar-refractivity contribution >= 4 is 17.6 Å². The van der Waals surface area contributed by atoms with Crippen LogP contribution in [-0.2, 0) is 11.3 Å². The van der Waals surface area contributed by atoms with Gasteiger partial charge in [-0.1, -0.05) is 41.9 Å². The van der Waals surface area contributed by atoms with Crippen molar-refractivity contribution in [2.75, 3.05) is 0 Å². The summed E-state index contributed by atoms with van der Waals surface area (Å²) in [5.41, 5.74) is 0.550. The fourth-order valence-electron chi connectivity index (χ4n) is 1.66. The molecular weight excluding hydrogens is 321 g/mol. The van der Waals surface area contributed by atoms with E-state index in [0.717, 1.165) is 23.8 Å². The minimum atomic E-state index is -4.85. The highest BCUT2D eigenvalue weighted by Crippen LogP contribution is 2.27. The third kappa shape index (κ3) is 4.66. The predicted octanol–water partition coefficient (Wildman–Crippen LogP) is 4.60. The van der Waals surface area contributed by atoms with E-state index in [1.165, 1.54) is 0 Å². The Bertz CT molecular complexity index is 657. The van der Waals surface area contributed by atoms with Crippen molar-refractivity contribution in [1.29, 1.82) is 0 Å². The molecule has 7 heteroatoms. The number of alkyl halides is 3. The summed E-state index contributed by atoms with van der Waals surface area (Å²) in [5, 5.41) is -0.0208. The van der Waals surface area contributed by atoms with Gasteiger partial charge in [-0.3, -0.25) is 0 Å². The van der Waals surface area contributed by atoms with Crippen LogP contribution < -0.4 is 4.74 Å². The molecule has 0 N–H and O–H groups in total. The Hall–Kier alpha value is -2.21. The van der Waals surface area contributed by atoms with Gasteiger partial charge in [-0.15, -0.1) is 13.2 Å². The lowest BCUT2D eigenvalue weighted by molar-refractivity contribution is -0.274. The van der Waals surface area contributed by atoms with Gasteiger partial charge in [0.15, 0.2) is 0 Å². The van der Waals surface area contributed by atoms with Crippen molar-refractivity contribution in [1.82, 2.24) is 0 Å². The van der Waals surface area contributed by atoms with E-state index in [1.54, 1.807) is 30.3 Å². The monoisotopic (exact) mass is 330 g/mol. The molecule has 0 fully saturated rings. The minimum Gasteiger partial charge on any atom is -0.457 e. The van der Waals surface area contributed by atoms with Gasteiger partial charge in [-0.25, -0.2) is 4.79 Å². The predicted molar refractivity (Wildman–Crippen MR) is 73.7 cm³/mol. The van der Waals surface area contributed by atoms with Gasteiger partial charge in [0.25, 0.3) is 0 Å². The minimum absolute atomic E-state index is 0.0135. The summed E-state index contributed by atoms with van der Waals surface area (Å²) in [6.07, 6.45) is -4.85. The molecule has 0 aromatic heterocycles. The number of esters is 1. The second-order valence-corrected chi connectivity index (χ2v) is 4.66. The van der Waals surface area contributed by atoms with E-state index in [1.807, 2.05) is 0 Å². The normalized spacial score (nSPS) is 11.1. The first-order valence-electron chi connectivity index (χ1n) is 6.11. The summed E-state index contributed by atoms with van der Waals surface area (Å²) in [7, 11) is 0. The van der Waals surface area contributed by atoms with Gasteiger partial charge in [0.05, 0.1) is 10.6 Å². The average molecular weight is 331 g/mol. The van der Waals surface area contributed by atoms with Crippen molar-refractivity contribution in [2.24, 2.45) is 0 Å². The molecule has 2 aromatic rings. The van der Waals surface area contributed by atoms with E-state index >= 15 is 0 Å². The van der Waals surface area contributed by atoms with Gasteiger partial charge in [0.1, 0.15) is 12.4 Å². The van der Waals surface area contributed by atoms with Gasteiger partial charge in [0.2, 0.25) is 0 Å². The number of benzene rings is 2. The maximum Gasteiger partial charge on any atom is 0.573 e. The molecule has 0 bridgehead atoms. The highest BCUT2D eigenvalue weighted by atomic mass is 35.5. The van der Waals surface area contributed by atoms with Crippen LogP contribution in [0.15, 0.2) is 48.5 Å². The van der Waals surface area contributed by atoms with Gasteiger partial charge < -0.3 is 9.47 Å². The fourth-order valence-corrected chi connectivity index (χ4v) is 1.85. The van der Waals surface area contributed by atoms with Gasteiger partial charge in [-0.2, -0.15) is 0 Å². The lowest BCUT2D eigenvalue weighted by Crippen LogP contribution is -2.17. The zero-order valence-corrected chi connectivity index (χ0v) is 11.8. The smallest absolute Gasteiger partial charge is 0.457 e. The summed E-state index contributed by atoms with van der Waals surface area (Å²) in [5.74, 6) is -1.37. The van der Waals surface area contributed by atoms with E-state index in [4.69, 9.17) is 16.3 Å². The highest BCUT2D eigenvalue weighted by Gasteiger charge is 2.31. The van der Waals surface area contributed by atoms with Crippen molar-refractivity contribution in [3.8, 4) is 5.75 Å². The maximum atomic E-state index is 12.2. The van der Waals surface area contributed by atoms with E-state index in [2.05, 4.69) is 4.74 Å². The number of carbonyl (C=O) groups excluding carboxylic acids is 1. The molecule has 0 amide bonds. The van der Waals surface area contributed by atoms with Crippen LogP contribution in [0.5, 0.6) is 5.75 Å². The van der Waals surface area contributed by atoms with E-state index in [-0.39, 0.29) is 17.2 Å². The van der Waals surface area contributed by atoms with Crippen LogP contribution >= 0.6 is 11.6 Å². The van der Waals surface area contributed by atoms with Crippen molar-refractivity contribution in [3.63, 3.8) is 0 Å². The van der Waals surface area contributed by atoms with Crippen LogP contribution in [0.3, 0.4) is 0 Å². The SMILES string of the molecule is O=C(OCc1ccccc1)c1cc(OC(F)(F)F)ccc1Cl. The molecule has 0 radical (unpaired) electrons. The quantitative estimate of drug-likeness (QED) is 0.769. The largest absolute Gasteiger partial charge is 0.573 e. The van der Waals surface area contributed by atoms with E-state index in [0.29, 0.717) is 0 Å². The summed E-state index contributed by atoms with van der Waals surface area (Å²) in [4.78, 5) is 11.9. The van der Waals surface area contributed by atoms with Gasteiger partial charge in [-0.05, 0) is 23.8 Å². The first-order chi connectivity index (χ1) is 10.3. The Morgan fingerprint density at radius 3 is 2.41 bits per heavy atom. The molecule has 22 heavy (non-hydrogen) atoms. The standard InChI is InChI=1S/C15H10ClF3O3/c16-13-7-6-11(22-15(17,18)19)8-12(13)14(20)21-9-10-4-2-1-3-5-10/h1-8H,9H2. The maximum absolute atomic E-state index is 12.2. The molecule has 0 aliphatic heterocycles. The second kappa shape index (κ2) is 6.70. The Balaban J connectivity index is 2.10. The molecule has 2 rings (SSSR count). The number of halogens is 4. The first-order valence-corrected chi connectivity index (χ1v) is 6.49. The lowest BCUT2D eigenvalue weighted by atomic mass is 10.2. The van der Waals surface area contributed by atoms with Gasteiger partial charge >= 0.3 is 12.3 Å². The molecule has 0 spiro atoms. The summed E-state index contributed by atoms with van der Waals surface area (Å²) >= 11 is 5.81. The van der Waals surface area contributed by atoms with Crippen LogP contribution in [-0.4, -0.2) is 12.3 Å². The van der Waals surface area contributed by atoms with Crippen LogP contribution in [0.2, 0.25) is 5.02 Å². The van der Waals surface area contributed by atoms with Crippen molar-refractivity contribution in [2.45, 2.75) is 13.0 Å². The molecular formula is C15H10ClF3O3. The van der Waals surface area contributed by atoms with Crippen LogP contribution in [0, 0.1) is 0 Å². The third-order valence-corrected chi connectivity index (χ3v) is 2.93. The highest BCUT2D eigenvalue weighted by molar-refractivity contribution is 6.33. The number of ether oxygens (including phenoxy) is 2.